The van der Waals surface area contributed by atoms with Crippen molar-refractivity contribution in [2.75, 3.05) is 26.7 Å². The van der Waals surface area contributed by atoms with Crippen LogP contribution in [0.15, 0.2) is 48.9 Å². The Morgan fingerprint density at radius 3 is 3.08 bits per heavy atom. The minimum absolute atomic E-state index is 0.739. The topological polar surface area (TPSA) is 48.1 Å². The molecule has 3 aromatic rings. The number of benzene rings is 1. The van der Waals surface area contributed by atoms with Gasteiger partial charge in [-0.1, -0.05) is 24.3 Å². The van der Waals surface area contributed by atoms with Crippen molar-refractivity contribution < 1.29 is 0 Å². The largest absolute Gasteiger partial charge is 0.302 e. The van der Waals surface area contributed by atoms with Crippen LogP contribution in [0.2, 0.25) is 0 Å². The van der Waals surface area contributed by atoms with E-state index in [0.29, 0.717) is 0 Å². The fourth-order valence-electron chi connectivity index (χ4n) is 3.92. The van der Waals surface area contributed by atoms with E-state index in [9.17, 15) is 0 Å². The van der Waals surface area contributed by atoms with E-state index in [2.05, 4.69) is 56.3 Å². The number of aromatic amines is 1. The van der Waals surface area contributed by atoms with Crippen LogP contribution in [0.5, 0.6) is 0 Å². The Labute approximate surface area is 148 Å². The molecule has 1 atom stereocenters. The summed E-state index contributed by atoms with van der Waals surface area (Å²) < 4.78 is 0. The van der Waals surface area contributed by atoms with Crippen molar-refractivity contribution in [2.45, 2.75) is 19.5 Å². The number of rotatable bonds is 6. The average Bonchev–Trinajstić information content (AvgIpc) is 3.25. The Bertz CT molecular complexity index is 813. The van der Waals surface area contributed by atoms with Crippen LogP contribution in [0.3, 0.4) is 0 Å². The third kappa shape index (κ3) is 3.89. The zero-order chi connectivity index (χ0) is 17.1. The van der Waals surface area contributed by atoms with Gasteiger partial charge in [0.25, 0.3) is 0 Å². The first kappa shape index (κ1) is 16.2. The van der Waals surface area contributed by atoms with Crippen LogP contribution in [0.25, 0.3) is 10.9 Å². The molecular formula is C20H25N5. The lowest BCUT2D eigenvalue weighted by Crippen LogP contribution is -2.28. The normalized spacial score (nSPS) is 18.4. The van der Waals surface area contributed by atoms with E-state index in [0.717, 1.165) is 25.6 Å². The second-order valence-electron chi connectivity index (χ2n) is 7.20. The maximum Gasteiger partial charge on any atom is 0.0695 e. The number of likely N-dealkylation sites (tertiary alicyclic amines) is 1. The summed E-state index contributed by atoms with van der Waals surface area (Å²) in [5, 5.41) is 8.52. The van der Waals surface area contributed by atoms with Crippen molar-refractivity contribution in [3.05, 3.63) is 60.0 Å². The summed E-state index contributed by atoms with van der Waals surface area (Å²) in [4.78, 5) is 9.19. The summed E-state index contributed by atoms with van der Waals surface area (Å²) in [6, 6.07) is 10.6. The van der Waals surface area contributed by atoms with Crippen molar-refractivity contribution in [3.8, 4) is 0 Å². The van der Waals surface area contributed by atoms with Crippen molar-refractivity contribution in [3.63, 3.8) is 0 Å². The van der Waals surface area contributed by atoms with Gasteiger partial charge in [0.1, 0.15) is 0 Å². The highest BCUT2D eigenvalue weighted by Gasteiger charge is 2.24. The van der Waals surface area contributed by atoms with Gasteiger partial charge in [-0.25, -0.2) is 0 Å². The third-order valence-electron chi connectivity index (χ3n) is 5.07. The van der Waals surface area contributed by atoms with Crippen LogP contribution in [0.4, 0.5) is 0 Å². The maximum absolute atomic E-state index is 4.21. The summed E-state index contributed by atoms with van der Waals surface area (Å²) in [5.41, 5.74) is 3.81. The molecule has 0 aliphatic carbocycles. The fraction of sp³-hybridized carbons (Fsp3) is 0.400. The lowest BCUT2D eigenvalue weighted by molar-refractivity contribution is 0.255. The molecule has 0 bridgehead atoms. The van der Waals surface area contributed by atoms with Crippen LogP contribution in [0, 0.1) is 5.92 Å². The highest BCUT2D eigenvalue weighted by molar-refractivity contribution is 5.81. The van der Waals surface area contributed by atoms with Crippen LogP contribution in [-0.2, 0) is 13.1 Å². The number of nitrogens with zero attached hydrogens (tertiary/aromatic N) is 4. The molecule has 5 nitrogen and oxygen atoms in total. The second-order valence-corrected chi connectivity index (χ2v) is 7.20. The van der Waals surface area contributed by atoms with Gasteiger partial charge in [0.05, 0.1) is 11.7 Å². The minimum atomic E-state index is 0.739. The number of hydrogen-bond acceptors (Lipinski definition) is 4. The second kappa shape index (κ2) is 7.33. The van der Waals surface area contributed by atoms with Gasteiger partial charge in [0.2, 0.25) is 0 Å². The van der Waals surface area contributed by atoms with Gasteiger partial charge in [-0.15, -0.1) is 0 Å². The molecule has 5 heteroatoms. The Morgan fingerprint density at radius 1 is 1.24 bits per heavy atom. The van der Waals surface area contributed by atoms with Gasteiger partial charge in [0, 0.05) is 44.0 Å². The van der Waals surface area contributed by atoms with Crippen LogP contribution < -0.4 is 0 Å². The Kier molecular flexibility index (Phi) is 4.76. The summed E-state index contributed by atoms with van der Waals surface area (Å²) in [6.07, 6.45) is 6.97. The smallest absolute Gasteiger partial charge is 0.0695 e. The molecule has 1 aliphatic heterocycles. The van der Waals surface area contributed by atoms with E-state index in [1.165, 1.54) is 41.5 Å². The third-order valence-corrected chi connectivity index (χ3v) is 5.07. The molecule has 1 aromatic carbocycles. The first-order valence-electron chi connectivity index (χ1n) is 8.99. The van der Waals surface area contributed by atoms with Gasteiger partial charge in [-0.2, -0.15) is 5.10 Å². The molecule has 4 rings (SSSR count). The number of H-pyrrole nitrogens is 1. The van der Waals surface area contributed by atoms with Crippen molar-refractivity contribution in [1.29, 1.82) is 0 Å². The van der Waals surface area contributed by atoms with E-state index >= 15 is 0 Å². The lowest BCUT2D eigenvalue weighted by atomic mass is 10.1. The predicted molar refractivity (Wildman–Crippen MR) is 100 cm³/mol. The molecule has 0 amide bonds. The zero-order valence-corrected chi connectivity index (χ0v) is 14.7. The van der Waals surface area contributed by atoms with Crippen molar-refractivity contribution >= 4 is 10.9 Å². The predicted octanol–water partition coefficient (Wildman–Crippen LogP) is 2.91. The summed E-state index contributed by atoms with van der Waals surface area (Å²) in [7, 11) is 2.21. The number of aromatic nitrogens is 3. The summed E-state index contributed by atoms with van der Waals surface area (Å²) in [5.74, 6) is 0.739. The minimum Gasteiger partial charge on any atom is -0.302 e. The van der Waals surface area contributed by atoms with Crippen LogP contribution in [0.1, 0.15) is 17.5 Å². The van der Waals surface area contributed by atoms with Crippen molar-refractivity contribution in [1.82, 2.24) is 25.0 Å². The zero-order valence-electron chi connectivity index (χ0n) is 14.7. The van der Waals surface area contributed by atoms with E-state index in [4.69, 9.17) is 0 Å². The summed E-state index contributed by atoms with van der Waals surface area (Å²) >= 11 is 0. The first-order chi connectivity index (χ1) is 12.3. The molecular weight excluding hydrogens is 310 g/mol. The molecule has 0 saturated carbocycles. The van der Waals surface area contributed by atoms with Gasteiger partial charge in [-0.05, 0) is 43.1 Å². The summed E-state index contributed by atoms with van der Waals surface area (Å²) in [6.45, 7) is 5.46. The number of fused-ring (bicyclic) bond motifs is 1. The van der Waals surface area contributed by atoms with E-state index in [1.807, 2.05) is 24.7 Å². The van der Waals surface area contributed by atoms with Gasteiger partial charge >= 0.3 is 0 Å². The highest BCUT2D eigenvalue weighted by Crippen LogP contribution is 2.23. The number of nitrogens with one attached hydrogen (secondary N) is 1. The monoisotopic (exact) mass is 335 g/mol. The molecule has 1 aliphatic rings. The van der Waals surface area contributed by atoms with Gasteiger partial charge in [0.15, 0.2) is 0 Å². The Balaban J connectivity index is 1.31. The van der Waals surface area contributed by atoms with E-state index < -0.39 is 0 Å². The Morgan fingerprint density at radius 2 is 2.20 bits per heavy atom. The first-order valence-corrected chi connectivity index (χ1v) is 8.99. The fourth-order valence-corrected chi connectivity index (χ4v) is 3.92. The molecule has 130 valence electrons. The van der Waals surface area contributed by atoms with Crippen LogP contribution in [-0.4, -0.2) is 51.7 Å². The molecule has 1 saturated heterocycles. The molecule has 0 radical (unpaired) electrons. The maximum atomic E-state index is 4.21. The molecule has 2 aromatic heterocycles. The van der Waals surface area contributed by atoms with Crippen LogP contribution >= 0.6 is 0 Å². The standard InChI is InChI=1S/C20H25N5/c1-24(12-16-4-3-8-21-10-16)13-17-7-9-25(14-17)15-19-6-2-5-18-11-22-23-20(18)19/h2-6,8,10-11,17H,7,9,12-15H2,1H3,(H,22,23)/t17-/m1/s1. The quantitative estimate of drug-likeness (QED) is 0.752. The molecule has 1 fully saturated rings. The highest BCUT2D eigenvalue weighted by atomic mass is 15.2. The lowest BCUT2D eigenvalue weighted by Gasteiger charge is -2.21. The Hall–Kier alpha value is -2.24. The van der Waals surface area contributed by atoms with E-state index in [-0.39, 0.29) is 0 Å². The number of pyridine rings is 1. The van der Waals surface area contributed by atoms with Gasteiger partial charge < -0.3 is 4.90 Å². The molecule has 1 N–H and O–H groups in total. The number of para-hydroxylation sites is 1. The average molecular weight is 335 g/mol. The molecule has 0 spiro atoms. The molecule has 0 unspecified atom stereocenters. The molecule has 25 heavy (non-hydrogen) atoms. The molecule has 3 heterocycles. The van der Waals surface area contributed by atoms with Crippen molar-refractivity contribution in [2.24, 2.45) is 5.92 Å². The van der Waals surface area contributed by atoms with E-state index in [1.54, 1.807) is 0 Å². The number of hydrogen-bond donors (Lipinski definition) is 1. The SMILES string of the molecule is CN(Cc1cccnc1)C[C@H]1CCN(Cc2cccc3cn[nH]c23)C1. The van der Waals surface area contributed by atoms with Gasteiger partial charge in [-0.3, -0.25) is 15.0 Å².